The summed E-state index contributed by atoms with van der Waals surface area (Å²) in [5.41, 5.74) is 8.50. The van der Waals surface area contributed by atoms with Crippen LogP contribution in [-0.4, -0.2) is 108 Å². The Bertz CT molecular complexity index is 3650. The lowest BCUT2D eigenvalue weighted by Crippen LogP contribution is -2.47. The molecule has 8 aromatic heterocycles. The number of aryl methyl sites for hydroxylation is 4. The van der Waals surface area contributed by atoms with E-state index in [1.807, 2.05) is 93.0 Å². The van der Waals surface area contributed by atoms with E-state index in [4.69, 9.17) is 0 Å². The number of nitrogens with zero attached hydrogens (tertiary/aromatic N) is 10. The van der Waals surface area contributed by atoms with E-state index in [-0.39, 0.29) is 64.7 Å². The van der Waals surface area contributed by atoms with Crippen LogP contribution in [0.4, 0.5) is 22.1 Å². The monoisotopic (exact) mass is 1200 g/mol. The predicted molar refractivity (Wildman–Crippen MR) is 308 cm³/mol. The molecule has 80 heavy (non-hydrogen) atoms. The fraction of sp³-hybridized carbons (Fsp3) is 0.322. The minimum atomic E-state index is -0.641. The number of hydrogen-bond acceptors (Lipinski definition) is 12. The molecule has 8 aromatic rings. The summed E-state index contributed by atoms with van der Waals surface area (Å²) in [5, 5.41) is 8.85. The first kappa shape index (κ1) is 53.9. The van der Waals surface area contributed by atoms with Gasteiger partial charge in [-0.2, -0.15) is 0 Å². The third-order valence-corrected chi connectivity index (χ3v) is 17.0. The summed E-state index contributed by atoms with van der Waals surface area (Å²) < 4.78 is 4.84. The second-order valence-corrected chi connectivity index (χ2v) is 23.7. The number of fused-ring (bicyclic) bond motifs is 4. The van der Waals surface area contributed by atoms with Crippen LogP contribution in [0.5, 0.6) is 0 Å². The third-order valence-electron chi connectivity index (χ3n) is 16.2. The SMILES string of the molecule is CC(=O)c1cc(CC(=O)N2[C@H](C(=O)Nc3nc(Br)ccc3C)C[C@@]3(C)C[C@@H]23)c2ccc(-c3cnc(C)nc3)cn12.CC(=O)c1cc(NC(=O)N2[C@H](C(=O)Nc3nc(Br)ccc3C)C[C@@]3(C)C[C@@H]23)c2ccc(-c3cnc(C)nc3)cn12. The number of nitrogens with one attached hydrogen (secondary N) is 3. The highest BCUT2D eigenvalue weighted by Crippen LogP contribution is 2.60. The summed E-state index contributed by atoms with van der Waals surface area (Å²) in [6, 6.07) is 16.9. The van der Waals surface area contributed by atoms with Gasteiger partial charge in [0.15, 0.2) is 11.6 Å². The molecular weight excluding hydrogens is 1150 g/mol. The lowest BCUT2D eigenvalue weighted by molar-refractivity contribution is -0.137. The fourth-order valence-corrected chi connectivity index (χ4v) is 12.1. The number of carbonyl (C=O) groups excluding carboxylic acids is 6. The van der Waals surface area contributed by atoms with Gasteiger partial charge < -0.3 is 34.6 Å². The van der Waals surface area contributed by atoms with Crippen LogP contribution in [0.15, 0.2) is 107 Å². The van der Waals surface area contributed by atoms with E-state index in [9.17, 15) is 28.8 Å². The zero-order valence-electron chi connectivity index (χ0n) is 45.3. The first-order valence-electron chi connectivity index (χ1n) is 26.3. The molecule has 10 heterocycles. The lowest BCUT2D eigenvalue weighted by Gasteiger charge is -2.27. The van der Waals surface area contributed by atoms with E-state index >= 15 is 0 Å². The highest BCUT2D eigenvalue weighted by Gasteiger charge is 2.65. The Morgan fingerprint density at radius 2 is 1.01 bits per heavy atom. The van der Waals surface area contributed by atoms with Crippen molar-refractivity contribution in [3.8, 4) is 22.3 Å². The van der Waals surface area contributed by atoms with Crippen LogP contribution in [0.3, 0.4) is 0 Å². The molecule has 6 atom stereocenters. The second-order valence-electron chi connectivity index (χ2n) is 22.1. The third kappa shape index (κ3) is 10.3. The molecule has 408 valence electrons. The van der Waals surface area contributed by atoms with E-state index in [0.29, 0.717) is 67.9 Å². The minimum absolute atomic E-state index is 0.0293. The van der Waals surface area contributed by atoms with Crippen molar-refractivity contribution in [1.29, 1.82) is 0 Å². The van der Waals surface area contributed by atoms with Gasteiger partial charge in [-0.3, -0.25) is 24.0 Å². The zero-order chi connectivity index (χ0) is 56.7. The lowest BCUT2D eigenvalue weighted by atomic mass is 10.0. The van der Waals surface area contributed by atoms with Crippen LogP contribution in [-0.2, 0) is 20.8 Å². The van der Waals surface area contributed by atoms with Crippen LogP contribution in [0.25, 0.3) is 33.3 Å². The molecule has 0 radical (unpaired) electrons. The highest BCUT2D eigenvalue weighted by atomic mass is 79.9. The van der Waals surface area contributed by atoms with E-state index in [2.05, 4.69) is 91.6 Å². The van der Waals surface area contributed by atoms with Gasteiger partial charge in [0.25, 0.3) is 0 Å². The largest absolute Gasteiger partial charge is 0.327 e. The van der Waals surface area contributed by atoms with Gasteiger partial charge in [-0.25, -0.2) is 34.7 Å². The van der Waals surface area contributed by atoms with Gasteiger partial charge in [0.1, 0.15) is 44.6 Å². The maximum Gasteiger partial charge on any atom is 0.322 e. The number of likely N-dealkylation sites (tertiary alicyclic amines) is 2. The number of halogens is 2. The standard InChI is InChI=1S/C30H29BrN6O3.C29H28BrN7O3/c1-16-5-8-26(31)34-28(16)35-29(40)24-11-30(4)12-25(30)37(24)27(39)10-20-9-23(17(2)38)36-15-19(6-7-22(20)36)21-13-32-18(3)33-14-21;1-15-5-8-25(30)34-26(15)35-27(39)23-10-29(4)11-24(29)37(23)28(40)33-20-9-22(16(2)38)36-14-18(6-7-21(20)36)19-12-31-17(3)32-13-19/h5-9,13-15,24-25H,10-12H2,1-4H3,(H,34,35,40);5-9,12-14,23-24H,10-11H2,1-4H3,(H,33,40)(H,34,35,39)/t24-,25+,30-;23-,24+,29-/m00/s1. The van der Waals surface area contributed by atoms with Crippen LogP contribution >= 0.6 is 31.9 Å². The molecule has 2 aliphatic carbocycles. The van der Waals surface area contributed by atoms with Crippen molar-refractivity contribution in [2.45, 2.75) is 112 Å². The summed E-state index contributed by atoms with van der Waals surface area (Å²) in [6.07, 6.45) is 13.7. The molecule has 21 heteroatoms. The Balaban J connectivity index is 0.000000169. The summed E-state index contributed by atoms with van der Waals surface area (Å²) >= 11 is 6.71. The van der Waals surface area contributed by atoms with Gasteiger partial charge in [-0.15, -0.1) is 0 Å². The Hall–Kier alpha value is -8.04. The number of anilines is 3. The van der Waals surface area contributed by atoms with E-state index in [1.165, 1.54) is 13.8 Å². The van der Waals surface area contributed by atoms with Crippen molar-refractivity contribution in [2.75, 3.05) is 16.0 Å². The zero-order valence-corrected chi connectivity index (χ0v) is 48.4. The van der Waals surface area contributed by atoms with E-state index in [0.717, 1.165) is 57.3 Å². The second kappa shape index (κ2) is 20.6. The van der Waals surface area contributed by atoms with Crippen LogP contribution in [0.1, 0.15) is 103 Å². The van der Waals surface area contributed by atoms with Gasteiger partial charge in [0.2, 0.25) is 17.7 Å². The molecule has 0 aromatic carbocycles. The molecule has 2 aliphatic heterocycles. The molecule has 2 saturated heterocycles. The van der Waals surface area contributed by atoms with Crippen molar-refractivity contribution in [3.05, 3.63) is 147 Å². The topological polar surface area (TPSA) is 231 Å². The first-order valence-corrected chi connectivity index (χ1v) is 27.8. The summed E-state index contributed by atoms with van der Waals surface area (Å²) in [5.74, 6) is 1.43. The maximum absolute atomic E-state index is 13.8. The van der Waals surface area contributed by atoms with Crippen LogP contribution in [0.2, 0.25) is 0 Å². The molecule has 5 amide bonds. The van der Waals surface area contributed by atoms with Gasteiger partial charge in [0, 0.05) is 90.9 Å². The molecule has 12 rings (SSSR count). The van der Waals surface area contributed by atoms with Crippen molar-refractivity contribution in [3.63, 3.8) is 0 Å². The van der Waals surface area contributed by atoms with Gasteiger partial charge >= 0.3 is 6.03 Å². The smallest absolute Gasteiger partial charge is 0.322 e. The van der Waals surface area contributed by atoms with Crippen molar-refractivity contribution in [1.82, 2.24) is 48.5 Å². The van der Waals surface area contributed by atoms with Crippen molar-refractivity contribution >= 4 is 95.5 Å². The number of pyridine rings is 4. The summed E-state index contributed by atoms with van der Waals surface area (Å²) in [6.45, 7) is 14.6. The Labute approximate surface area is 477 Å². The molecule has 3 N–H and O–H groups in total. The number of carbonyl (C=O) groups is 6. The number of rotatable bonds is 11. The van der Waals surface area contributed by atoms with Gasteiger partial charge in [-0.05, 0) is 149 Å². The molecular formula is C59H57Br2N13O6. The Morgan fingerprint density at radius 3 is 1.51 bits per heavy atom. The van der Waals surface area contributed by atoms with Gasteiger partial charge in [-0.1, -0.05) is 38.1 Å². The van der Waals surface area contributed by atoms with Crippen molar-refractivity contribution in [2.24, 2.45) is 10.8 Å². The molecule has 0 unspecified atom stereocenters. The number of amides is 5. The quantitative estimate of drug-likeness (QED) is 0.0811. The summed E-state index contributed by atoms with van der Waals surface area (Å²) in [7, 11) is 0. The molecule has 0 bridgehead atoms. The number of piperidine rings is 2. The maximum atomic E-state index is 13.8. The van der Waals surface area contributed by atoms with Crippen LogP contribution < -0.4 is 16.0 Å². The molecule has 2 saturated carbocycles. The average molecular weight is 1200 g/mol. The van der Waals surface area contributed by atoms with Crippen LogP contribution in [0, 0.1) is 38.5 Å². The van der Waals surface area contributed by atoms with E-state index in [1.54, 1.807) is 51.1 Å². The normalized spacial score (nSPS) is 21.3. The molecule has 19 nitrogen and oxygen atoms in total. The summed E-state index contributed by atoms with van der Waals surface area (Å²) in [4.78, 5) is 109. The van der Waals surface area contributed by atoms with Gasteiger partial charge in [0.05, 0.1) is 29.0 Å². The Morgan fingerprint density at radius 1 is 0.562 bits per heavy atom. The highest BCUT2D eigenvalue weighted by molar-refractivity contribution is 9.10. The molecule has 4 aliphatic rings. The van der Waals surface area contributed by atoms with E-state index < -0.39 is 12.1 Å². The van der Waals surface area contributed by atoms with Crippen molar-refractivity contribution < 1.29 is 28.8 Å². The Kier molecular flexibility index (Phi) is 13.9. The number of hydrogen-bond donors (Lipinski definition) is 3. The average Bonchev–Trinajstić information content (AvgIpc) is 4.22. The minimum Gasteiger partial charge on any atom is -0.327 e. The number of Topliss-reactive ketones (excluding diaryl/α,β-unsaturated/α-hetero) is 2. The fourth-order valence-electron chi connectivity index (χ4n) is 11.4. The number of aromatic nitrogens is 8. The molecule has 0 spiro atoms. The number of urea groups is 1. The molecule has 4 fully saturated rings. The first-order chi connectivity index (χ1) is 38.1. The predicted octanol–water partition coefficient (Wildman–Crippen LogP) is 10.3. The number of ketones is 2.